The highest BCUT2D eigenvalue weighted by Crippen LogP contribution is 1.92. The number of aromatic nitrogens is 2. The fourth-order valence-electron chi connectivity index (χ4n) is 0.880. The molecule has 0 fully saturated rings. The largest absolute Gasteiger partial charge is 0.370 e. The van der Waals surface area contributed by atoms with E-state index in [0.717, 1.165) is 12.1 Å². The van der Waals surface area contributed by atoms with Crippen LogP contribution < -0.4 is 17.2 Å². The lowest BCUT2D eigenvalue weighted by atomic mass is 10.3. The average Bonchev–Trinajstić information content (AvgIpc) is 2.55. The fraction of sp³-hybridized carbons (Fsp3) is 0.286. The third-order valence-corrected chi connectivity index (χ3v) is 1.45. The molecule has 7 heteroatoms. The van der Waals surface area contributed by atoms with Crippen molar-refractivity contribution in [1.29, 1.82) is 0 Å². The number of H-pyrrole nitrogens is 1. The molecular formula is C7H13N7. The van der Waals surface area contributed by atoms with Crippen LogP contribution in [0.4, 0.5) is 0 Å². The zero-order valence-corrected chi connectivity index (χ0v) is 7.64. The van der Waals surface area contributed by atoms with Gasteiger partial charge in [-0.05, 0) is 0 Å². The van der Waals surface area contributed by atoms with E-state index in [0.29, 0.717) is 6.54 Å². The lowest BCUT2D eigenvalue weighted by molar-refractivity contribution is 0.930. The molecule has 0 aliphatic rings. The van der Waals surface area contributed by atoms with E-state index in [9.17, 15) is 0 Å². The van der Waals surface area contributed by atoms with Gasteiger partial charge in [0.15, 0.2) is 5.96 Å². The summed E-state index contributed by atoms with van der Waals surface area (Å²) in [4.78, 5) is 14.3. The molecule has 0 bridgehead atoms. The van der Waals surface area contributed by atoms with Crippen LogP contribution in [0.25, 0.3) is 0 Å². The zero-order valence-electron chi connectivity index (χ0n) is 7.64. The molecule has 76 valence electrons. The summed E-state index contributed by atoms with van der Waals surface area (Å²) in [7, 11) is 0. The summed E-state index contributed by atoms with van der Waals surface area (Å²) in [6, 6.07) is 0. The molecule has 0 amide bonds. The predicted octanol–water partition coefficient (Wildman–Crippen LogP) is -1.46. The van der Waals surface area contributed by atoms with Gasteiger partial charge in [-0.2, -0.15) is 4.99 Å². The van der Waals surface area contributed by atoms with Crippen LogP contribution in [0.15, 0.2) is 22.5 Å². The van der Waals surface area contributed by atoms with Crippen LogP contribution >= 0.6 is 0 Å². The highest BCUT2D eigenvalue weighted by Gasteiger charge is 1.93. The number of hydrogen-bond acceptors (Lipinski definition) is 2. The van der Waals surface area contributed by atoms with Gasteiger partial charge in [0, 0.05) is 24.9 Å². The number of imidazole rings is 1. The average molecular weight is 195 g/mol. The predicted molar refractivity (Wildman–Crippen MR) is 54.6 cm³/mol. The van der Waals surface area contributed by atoms with Crippen LogP contribution in [0.2, 0.25) is 0 Å². The molecule has 0 radical (unpaired) electrons. The molecule has 0 aromatic carbocycles. The fourth-order valence-corrected chi connectivity index (χ4v) is 0.880. The molecule has 0 saturated heterocycles. The Morgan fingerprint density at radius 3 is 2.79 bits per heavy atom. The smallest absolute Gasteiger partial charge is 0.218 e. The van der Waals surface area contributed by atoms with Gasteiger partial charge in [0.1, 0.15) is 0 Å². The maximum atomic E-state index is 5.39. The highest BCUT2D eigenvalue weighted by molar-refractivity contribution is 5.92. The number of guanidine groups is 2. The maximum Gasteiger partial charge on any atom is 0.218 e. The first-order valence-electron chi connectivity index (χ1n) is 4.05. The Morgan fingerprint density at radius 2 is 2.21 bits per heavy atom. The molecule has 0 spiro atoms. The van der Waals surface area contributed by atoms with Gasteiger partial charge in [-0.25, -0.2) is 4.98 Å². The molecular weight excluding hydrogens is 182 g/mol. The first-order chi connectivity index (χ1) is 6.68. The Kier molecular flexibility index (Phi) is 3.48. The van der Waals surface area contributed by atoms with Gasteiger partial charge in [0.05, 0.1) is 6.33 Å². The molecule has 1 heterocycles. The number of nitrogens with two attached hydrogens (primary N) is 3. The van der Waals surface area contributed by atoms with Crippen molar-refractivity contribution in [3.05, 3.63) is 18.2 Å². The van der Waals surface area contributed by atoms with Crippen LogP contribution in [-0.2, 0) is 6.42 Å². The maximum absolute atomic E-state index is 5.39. The zero-order chi connectivity index (χ0) is 10.4. The second-order valence-electron chi connectivity index (χ2n) is 2.60. The van der Waals surface area contributed by atoms with Crippen LogP contribution in [0.1, 0.15) is 5.69 Å². The number of aromatic amines is 1. The van der Waals surface area contributed by atoms with Crippen molar-refractivity contribution in [1.82, 2.24) is 9.97 Å². The highest BCUT2D eigenvalue weighted by atomic mass is 15.1. The first kappa shape index (κ1) is 10.0. The summed E-state index contributed by atoms with van der Waals surface area (Å²) in [5.41, 5.74) is 16.6. The summed E-state index contributed by atoms with van der Waals surface area (Å²) in [6.07, 6.45) is 4.06. The minimum Gasteiger partial charge on any atom is -0.370 e. The van der Waals surface area contributed by atoms with Gasteiger partial charge < -0.3 is 22.2 Å². The number of aliphatic imine (C=N–C) groups is 2. The van der Waals surface area contributed by atoms with Gasteiger partial charge >= 0.3 is 0 Å². The van der Waals surface area contributed by atoms with Crippen molar-refractivity contribution in [2.45, 2.75) is 6.42 Å². The Morgan fingerprint density at radius 1 is 1.43 bits per heavy atom. The monoisotopic (exact) mass is 195 g/mol. The minimum atomic E-state index is -0.0900. The third-order valence-electron chi connectivity index (χ3n) is 1.45. The van der Waals surface area contributed by atoms with Crippen LogP contribution in [0, 0.1) is 0 Å². The number of nitrogens with zero attached hydrogens (tertiary/aromatic N) is 3. The van der Waals surface area contributed by atoms with Crippen LogP contribution in [-0.4, -0.2) is 28.4 Å². The Labute approximate surface area is 81.1 Å². The number of hydrogen-bond donors (Lipinski definition) is 4. The van der Waals surface area contributed by atoms with E-state index in [2.05, 4.69) is 20.0 Å². The molecule has 0 atom stereocenters. The van der Waals surface area contributed by atoms with Crippen molar-refractivity contribution in [3.8, 4) is 0 Å². The van der Waals surface area contributed by atoms with E-state index in [1.165, 1.54) is 0 Å². The van der Waals surface area contributed by atoms with Crippen molar-refractivity contribution in [2.24, 2.45) is 27.2 Å². The summed E-state index contributed by atoms with van der Waals surface area (Å²) >= 11 is 0. The van der Waals surface area contributed by atoms with E-state index in [1.807, 2.05) is 0 Å². The normalized spacial score (nSPS) is 11.3. The molecule has 7 nitrogen and oxygen atoms in total. The SMILES string of the molecule is NC(N)=NC(N)=NCCc1cnc[nH]1. The Hall–Kier alpha value is -2.05. The third kappa shape index (κ3) is 3.57. The molecule has 0 saturated carbocycles. The van der Waals surface area contributed by atoms with Gasteiger partial charge in [0.25, 0.3) is 0 Å². The van der Waals surface area contributed by atoms with E-state index >= 15 is 0 Å². The molecule has 1 rings (SSSR count). The quantitative estimate of drug-likeness (QED) is 0.346. The minimum absolute atomic E-state index is 0.0875. The summed E-state index contributed by atoms with van der Waals surface area (Å²) in [5, 5.41) is 0. The van der Waals surface area contributed by atoms with E-state index in [4.69, 9.17) is 17.2 Å². The molecule has 7 N–H and O–H groups in total. The van der Waals surface area contributed by atoms with Crippen LogP contribution in [0.3, 0.4) is 0 Å². The summed E-state index contributed by atoms with van der Waals surface area (Å²) in [6.45, 7) is 0.519. The number of nitrogens with one attached hydrogen (secondary N) is 1. The van der Waals surface area contributed by atoms with Crippen molar-refractivity contribution in [3.63, 3.8) is 0 Å². The van der Waals surface area contributed by atoms with E-state index in [-0.39, 0.29) is 11.9 Å². The summed E-state index contributed by atoms with van der Waals surface area (Å²) in [5.74, 6) is -0.00249. The van der Waals surface area contributed by atoms with Gasteiger partial charge in [-0.3, -0.25) is 4.99 Å². The van der Waals surface area contributed by atoms with Gasteiger partial charge in [-0.1, -0.05) is 0 Å². The standard InChI is InChI=1S/C7H13N7/c8-6(9)14-7(10)12-2-1-5-3-11-4-13-5/h3-4H,1-2H2,(H,11,13)(H6,8,9,10,12,14). The molecule has 0 unspecified atom stereocenters. The van der Waals surface area contributed by atoms with E-state index in [1.54, 1.807) is 12.5 Å². The van der Waals surface area contributed by atoms with Crippen molar-refractivity contribution >= 4 is 11.9 Å². The molecule has 0 aliphatic carbocycles. The lowest BCUT2D eigenvalue weighted by Gasteiger charge is -1.94. The first-order valence-corrected chi connectivity index (χ1v) is 4.05. The Bertz CT molecular complexity index is 320. The van der Waals surface area contributed by atoms with Gasteiger partial charge in [0.2, 0.25) is 5.96 Å². The van der Waals surface area contributed by atoms with E-state index < -0.39 is 0 Å². The van der Waals surface area contributed by atoms with Crippen LogP contribution in [0.5, 0.6) is 0 Å². The molecule has 1 aromatic heterocycles. The topological polar surface area (TPSA) is 131 Å². The summed E-state index contributed by atoms with van der Waals surface area (Å²) < 4.78 is 0. The molecule has 1 aromatic rings. The number of rotatable bonds is 3. The van der Waals surface area contributed by atoms with Crippen molar-refractivity contribution in [2.75, 3.05) is 6.54 Å². The second kappa shape index (κ2) is 4.85. The Balaban J connectivity index is 2.37. The second-order valence-corrected chi connectivity index (χ2v) is 2.60. The molecule has 0 aliphatic heterocycles. The van der Waals surface area contributed by atoms with Crippen molar-refractivity contribution < 1.29 is 0 Å². The van der Waals surface area contributed by atoms with Gasteiger partial charge in [-0.15, -0.1) is 0 Å². The lowest BCUT2D eigenvalue weighted by Crippen LogP contribution is -2.26. The molecule has 14 heavy (non-hydrogen) atoms.